The van der Waals surface area contributed by atoms with Crippen LogP contribution >= 0.6 is 0 Å². The van der Waals surface area contributed by atoms with Crippen molar-refractivity contribution in [3.63, 3.8) is 0 Å². The number of nitrogens with one attached hydrogen (secondary N) is 3. The molecule has 382 valence electrons. The second kappa shape index (κ2) is 19.2. The molecule has 5 aromatic rings. The van der Waals surface area contributed by atoms with Crippen LogP contribution in [0.25, 0.3) is 11.0 Å². The lowest BCUT2D eigenvalue weighted by Crippen LogP contribution is -2.58. The molecule has 3 saturated heterocycles. The van der Waals surface area contributed by atoms with Crippen LogP contribution in [0.3, 0.4) is 0 Å². The Morgan fingerprint density at radius 2 is 1.72 bits per heavy atom. The predicted molar refractivity (Wildman–Crippen MR) is 275 cm³/mol. The molecular weight excluding hydrogens is 937 g/mol. The molecule has 3 aromatic carbocycles. The standard InChI is InChI=1S/C54H66N8O9S/c1-34(2)40-6-4-5-7-41(40)47-32-70-25-23-60(47)38-29-54(30-38)18-21-59(22-19-54)37-8-10-42(44(27-37)61-46-26-36-14-20-55-50(36)57-52(46)71-49-15-24-69-33-48(49)61)51(63)58-72(67,68)39-9-11-43(45(28-39)62(65)66)56-31-35-12-16-53(3,64)17-13-35/h4-11,14,20,26-28,34-35,38,47-49,56,64H,12-13,15-19,21-25,29-33H2,1-3H3,(H,55,57)(H,58,63)/t35-,47-,48+,49+,53-/m0/s1. The van der Waals surface area contributed by atoms with Crippen LogP contribution in [0.4, 0.5) is 28.4 Å². The molecule has 6 aliphatic rings. The number of carbonyl (C=O) groups is 1. The normalized spacial score (nSPS) is 25.6. The number of aromatic amines is 1. The number of rotatable bonds is 12. The van der Waals surface area contributed by atoms with Crippen molar-refractivity contribution < 1.29 is 37.5 Å². The zero-order chi connectivity index (χ0) is 49.9. The van der Waals surface area contributed by atoms with Gasteiger partial charge in [0.05, 0.1) is 65.2 Å². The molecule has 4 N–H and O–H groups in total. The minimum Gasteiger partial charge on any atom is -0.470 e. The number of nitro benzene ring substituents is 1. The average Bonchev–Trinajstić information content (AvgIpc) is 3.83. The molecule has 1 amide bonds. The molecule has 5 fully saturated rings. The Morgan fingerprint density at radius 1 is 0.944 bits per heavy atom. The molecule has 0 unspecified atom stereocenters. The minimum atomic E-state index is -4.62. The van der Waals surface area contributed by atoms with Gasteiger partial charge < -0.3 is 39.4 Å². The van der Waals surface area contributed by atoms with Gasteiger partial charge in [0.25, 0.3) is 21.6 Å². The van der Waals surface area contributed by atoms with E-state index in [1.807, 2.05) is 42.3 Å². The number of amides is 1. The molecule has 3 atom stereocenters. The third-order valence-corrected chi connectivity index (χ3v) is 18.0. The first-order valence-corrected chi connectivity index (χ1v) is 27.3. The molecule has 2 saturated carbocycles. The number of hydrogen-bond donors (Lipinski definition) is 4. The fraction of sp³-hybridized carbons (Fsp3) is 0.519. The number of pyridine rings is 1. The number of sulfonamides is 1. The number of aromatic nitrogens is 2. The smallest absolute Gasteiger partial charge is 0.293 e. The summed E-state index contributed by atoms with van der Waals surface area (Å²) < 4.78 is 49.4. The van der Waals surface area contributed by atoms with Gasteiger partial charge in [0.2, 0.25) is 5.88 Å². The Morgan fingerprint density at radius 3 is 2.50 bits per heavy atom. The highest BCUT2D eigenvalue weighted by Crippen LogP contribution is 2.54. The predicted octanol–water partition coefficient (Wildman–Crippen LogP) is 8.58. The van der Waals surface area contributed by atoms with E-state index in [-0.39, 0.29) is 40.8 Å². The first-order chi connectivity index (χ1) is 34.6. The number of anilines is 4. The molecule has 0 radical (unpaired) electrons. The number of fused-ring (bicyclic) bond motifs is 3. The van der Waals surface area contributed by atoms with E-state index in [0.717, 1.165) is 81.9 Å². The summed E-state index contributed by atoms with van der Waals surface area (Å²) in [4.78, 5) is 41.2. The molecule has 2 aliphatic carbocycles. The summed E-state index contributed by atoms with van der Waals surface area (Å²) in [5.41, 5.74) is 4.80. The van der Waals surface area contributed by atoms with Gasteiger partial charge in [0.15, 0.2) is 0 Å². The van der Waals surface area contributed by atoms with Crippen molar-refractivity contribution in [2.45, 2.75) is 119 Å². The molecule has 0 bridgehead atoms. The number of carbonyl (C=O) groups excluding carboxylic acids is 1. The molecule has 11 rings (SSSR count). The highest BCUT2D eigenvalue weighted by atomic mass is 32.2. The van der Waals surface area contributed by atoms with Gasteiger partial charge in [-0.3, -0.25) is 19.8 Å². The van der Waals surface area contributed by atoms with Gasteiger partial charge in [-0.05, 0) is 129 Å². The third-order valence-electron chi connectivity index (χ3n) is 16.7. The van der Waals surface area contributed by atoms with Crippen LogP contribution in [0.5, 0.6) is 5.88 Å². The maximum atomic E-state index is 14.7. The highest BCUT2D eigenvalue weighted by molar-refractivity contribution is 7.90. The lowest BCUT2D eigenvalue weighted by Gasteiger charge is -2.57. The van der Waals surface area contributed by atoms with Gasteiger partial charge in [-0.15, -0.1) is 0 Å². The van der Waals surface area contributed by atoms with E-state index in [1.54, 1.807) is 6.07 Å². The lowest BCUT2D eigenvalue weighted by molar-refractivity contribution is -0.384. The number of H-pyrrole nitrogens is 1. The van der Waals surface area contributed by atoms with Gasteiger partial charge in [0.1, 0.15) is 23.1 Å². The zero-order valence-corrected chi connectivity index (χ0v) is 42.2. The van der Waals surface area contributed by atoms with E-state index in [4.69, 9.17) is 19.2 Å². The molecule has 4 aliphatic heterocycles. The van der Waals surface area contributed by atoms with E-state index in [1.165, 1.54) is 23.3 Å². The zero-order valence-electron chi connectivity index (χ0n) is 41.3. The quantitative estimate of drug-likeness (QED) is 0.0683. The van der Waals surface area contributed by atoms with E-state index in [0.29, 0.717) is 80.5 Å². The van der Waals surface area contributed by atoms with Crippen LogP contribution in [0.1, 0.15) is 112 Å². The Labute approximate surface area is 420 Å². The molecule has 2 aromatic heterocycles. The summed E-state index contributed by atoms with van der Waals surface area (Å²) >= 11 is 0. The van der Waals surface area contributed by atoms with Crippen LogP contribution in [0.2, 0.25) is 0 Å². The van der Waals surface area contributed by atoms with E-state index >= 15 is 0 Å². The largest absolute Gasteiger partial charge is 0.470 e. The SMILES string of the molecule is CC(C)c1ccccc1[C@@H]1COCCN1C1CC2(CCN(c3ccc(C(=O)NS(=O)(=O)c4ccc(NC[C@H]5CC[C@](C)(O)CC5)c([N+](=O)[O-])c4)c(N4c5cc6cc[nH]c6nc5O[C@@H]5CCOC[C@H]54)c3)CC2)C1. The van der Waals surface area contributed by atoms with Crippen LogP contribution < -0.4 is 24.6 Å². The number of hydrogen-bond acceptors (Lipinski definition) is 14. The fourth-order valence-corrected chi connectivity index (χ4v) is 13.5. The summed E-state index contributed by atoms with van der Waals surface area (Å²) in [6.45, 7) is 11.6. The van der Waals surface area contributed by atoms with Crippen LogP contribution in [0.15, 0.2) is 83.9 Å². The molecule has 18 heteroatoms. The number of ether oxygens (including phenoxy) is 3. The van der Waals surface area contributed by atoms with Crippen molar-refractivity contribution in [1.29, 1.82) is 0 Å². The Hall–Kier alpha value is -5.79. The topological polar surface area (TPSA) is 205 Å². The Bertz CT molecular complexity index is 2950. The number of benzene rings is 3. The first kappa shape index (κ1) is 48.5. The molecule has 72 heavy (non-hydrogen) atoms. The number of nitro groups is 1. The van der Waals surface area contributed by atoms with Crippen LogP contribution in [-0.4, -0.2) is 116 Å². The first-order valence-electron chi connectivity index (χ1n) is 25.8. The van der Waals surface area contributed by atoms with Gasteiger partial charge in [0, 0.05) is 62.0 Å². The summed E-state index contributed by atoms with van der Waals surface area (Å²) in [6, 6.07) is 22.3. The van der Waals surface area contributed by atoms with Crippen LogP contribution in [0, 0.1) is 21.4 Å². The summed E-state index contributed by atoms with van der Waals surface area (Å²) in [6.07, 6.45) is 9.18. The summed E-state index contributed by atoms with van der Waals surface area (Å²) in [7, 11) is -4.62. The van der Waals surface area contributed by atoms with Crippen molar-refractivity contribution in [2.24, 2.45) is 11.3 Å². The fourth-order valence-electron chi connectivity index (χ4n) is 12.5. The van der Waals surface area contributed by atoms with Gasteiger partial charge in [-0.25, -0.2) is 13.1 Å². The maximum Gasteiger partial charge on any atom is 0.293 e. The summed E-state index contributed by atoms with van der Waals surface area (Å²) in [5, 5.41) is 26.7. The van der Waals surface area contributed by atoms with E-state index in [2.05, 4.69) is 62.9 Å². The second-order valence-electron chi connectivity index (χ2n) is 21.7. The number of nitrogens with zero attached hydrogens (tertiary/aromatic N) is 5. The number of aliphatic hydroxyl groups is 1. The van der Waals surface area contributed by atoms with Crippen LogP contribution in [-0.2, 0) is 19.5 Å². The van der Waals surface area contributed by atoms with Crippen molar-refractivity contribution in [1.82, 2.24) is 19.6 Å². The lowest BCUT2D eigenvalue weighted by atomic mass is 9.59. The van der Waals surface area contributed by atoms with Gasteiger partial charge >= 0.3 is 0 Å². The van der Waals surface area contributed by atoms with Crippen molar-refractivity contribution >= 4 is 55.4 Å². The minimum absolute atomic E-state index is 0.0994. The Kier molecular flexibility index (Phi) is 13.0. The maximum absolute atomic E-state index is 14.7. The van der Waals surface area contributed by atoms with Gasteiger partial charge in [-0.1, -0.05) is 38.1 Å². The molecule has 6 heterocycles. The number of piperidine rings is 1. The van der Waals surface area contributed by atoms with Crippen molar-refractivity contribution in [2.75, 3.05) is 67.7 Å². The van der Waals surface area contributed by atoms with E-state index < -0.39 is 37.0 Å². The summed E-state index contributed by atoms with van der Waals surface area (Å²) in [5.74, 6) is 0.129. The number of morpholine rings is 1. The average molecular weight is 1000 g/mol. The van der Waals surface area contributed by atoms with Crippen molar-refractivity contribution in [3.8, 4) is 5.88 Å². The second-order valence-corrected chi connectivity index (χ2v) is 23.4. The monoisotopic (exact) mass is 1000 g/mol. The molecule has 17 nitrogen and oxygen atoms in total. The third kappa shape index (κ3) is 9.40. The molecule has 1 spiro atoms. The van der Waals surface area contributed by atoms with Gasteiger partial charge in [-0.2, -0.15) is 4.98 Å². The van der Waals surface area contributed by atoms with Crippen molar-refractivity contribution in [3.05, 3.63) is 106 Å². The molecular formula is C54H66N8O9S. The van der Waals surface area contributed by atoms with E-state index in [9.17, 15) is 28.4 Å². The highest BCUT2D eigenvalue weighted by Gasteiger charge is 2.50. The Balaban J connectivity index is 0.864.